The molecule has 2 rings (SSSR count). The summed E-state index contributed by atoms with van der Waals surface area (Å²) in [7, 11) is 0. The van der Waals surface area contributed by atoms with Crippen molar-refractivity contribution < 1.29 is 22.3 Å². The van der Waals surface area contributed by atoms with Gasteiger partial charge in [0.1, 0.15) is 17.4 Å². The van der Waals surface area contributed by atoms with Crippen LogP contribution in [-0.4, -0.2) is 6.61 Å². The molecule has 0 radical (unpaired) electrons. The lowest BCUT2D eigenvalue weighted by atomic mass is 9.88. The highest BCUT2D eigenvalue weighted by molar-refractivity contribution is 5.31. The van der Waals surface area contributed by atoms with Gasteiger partial charge in [-0.1, -0.05) is 45.9 Å². The Labute approximate surface area is 158 Å². The minimum absolute atomic E-state index is 0.0900. The molecule has 5 heteroatoms. The maximum Gasteiger partial charge on any atom is 0.387 e. The van der Waals surface area contributed by atoms with Crippen LogP contribution >= 0.6 is 0 Å². The minimum atomic E-state index is -2.98. The Morgan fingerprint density at radius 2 is 1.37 bits per heavy atom. The van der Waals surface area contributed by atoms with Gasteiger partial charge < -0.3 is 4.74 Å². The lowest BCUT2D eigenvalue weighted by molar-refractivity contribution is -0.0500. The van der Waals surface area contributed by atoms with Crippen LogP contribution < -0.4 is 4.74 Å². The fourth-order valence-electron chi connectivity index (χ4n) is 3.22. The van der Waals surface area contributed by atoms with E-state index < -0.39 is 12.4 Å². The van der Waals surface area contributed by atoms with Crippen molar-refractivity contribution in [3.05, 3.63) is 64.7 Å². The molecule has 27 heavy (non-hydrogen) atoms. The van der Waals surface area contributed by atoms with E-state index in [-0.39, 0.29) is 29.3 Å². The topological polar surface area (TPSA) is 9.23 Å². The van der Waals surface area contributed by atoms with E-state index in [0.717, 1.165) is 18.1 Å². The minimum Gasteiger partial charge on any atom is -0.435 e. The van der Waals surface area contributed by atoms with Crippen LogP contribution in [0, 0.1) is 11.6 Å². The van der Waals surface area contributed by atoms with Crippen LogP contribution in [0.15, 0.2) is 36.4 Å². The van der Waals surface area contributed by atoms with Gasteiger partial charge in [-0.2, -0.15) is 8.78 Å². The van der Waals surface area contributed by atoms with Gasteiger partial charge in [0.2, 0.25) is 0 Å². The van der Waals surface area contributed by atoms with Crippen LogP contribution in [0.25, 0.3) is 0 Å². The Morgan fingerprint density at radius 3 is 1.93 bits per heavy atom. The first-order chi connectivity index (χ1) is 12.7. The molecule has 0 spiro atoms. The molecule has 1 nitrogen and oxygen atoms in total. The molecule has 0 bridgehead atoms. The second-order valence-electron chi connectivity index (χ2n) is 7.38. The third kappa shape index (κ3) is 5.72. The molecule has 0 N–H and O–H groups in total. The van der Waals surface area contributed by atoms with Crippen LogP contribution in [0.2, 0.25) is 0 Å². The highest BCUT2D eigenvalue weighted by atomic mass is 19.3. The zero-order valence-corrected chi connectivity index (χ0v) is 16.1. The molecule has 0 aliphatic carbocycles. The van der Waals surface area contributed by atoms with Crippen molar-refractivity contribution in [1.29, 1.82) is 0 Å². The third-order valence-electron chi connectivity index (χ3n) is 4.98. The Morgan fingerprint density at radius 1 is 0.778 bits per heavy atom. The predicted molar refractivity (Wildman–Crippen MR) is 99.6 cm³/mol. The van der Waals surface area contributed by atoms with Gasteiger partial charge in [-0.3, -0.25) is 0 Å². The van der Waals surface area contributed by atoms with Gasteiger partial charge in [0, 0.05) is 6.07 Å². The molecule has 0 saturated carbocycles. The van der Waals surface area contributed by atoms with Crippen LogP contribution in [0.4, 0.5) is 17.6 Å². The summed E-state index contributed by atoms with van der Waals surface area (Å²) in [4.78, 5) is 0. The van der Waals surface area contributed by atoms with Crippen molar-refractivity contribution in [1.82, 2.24) is 0 Å². The molecular weight excluding hydrogens is 356 g/mol. The largest absolute Gasteiger partial charge is 0.435 e. The quantitative estimate of drug-likeness (QED) is 0.433. The summed E-state index contributed by atoms with van der Waals surface area (Å²) >= 11 is 0. The number of ether oxygens (including phenoxy) is 1. The summed E-state index contributed by atoms with van der Waals surface area (Å²) in [5, 5.41) is 0. The van der Waals surface area contributed by atoms with E-state index in [4.69, 9.17) is 0 Å². The van der Waals surface area contributed by atoms with Gasteiger partial charge in [0.15, 0.2) is 0 Å². The fraction of sp³-hybridized carbons (Fsp3) is 0.455. The summed E-state index contributed by atoms with van der Waals surface area (Å²) in [6, 6.07) is 9.19. The second kappa shape index (κ2) is 9.25. The molecule has 0 saturated heterocycles. The number of benzene rings is 2. The average Bonchev–Trinajstić information content (AvgIpc) is 2.58. The maximum absolute atomic E-state index is 14.2. The van der Waals surface area contributed by atoms with Gasteiger partial charge in [-0.05, 0) is 59.4 Å². The Hall–Kier alpha value is -2.04. The number of alkyl halides is 2. The van der Waals surface area contributed by atoms with Crippen molar-refractivity contribution in [2.24, 2.45) is 0 Å². The van der Waals surface area contributed by atoms with Gasteiger partial charge in [-0.25, -0.2) is 8.78 Å². The van der Waals surface area contributed by atoms with Gasteiger partial charge in [0.05, 0.1) is 0 Å². The first kappa shape index (κ1) is 21.3. The zero-order valence-electron chi connectivity index (χ0n) is 16.1. The van der Waals surface area contributed by atoms with Crippen molar-refractivity contribution in [3.63, 3.8) is 0 Å². The molecule has 2 atom stereocenters. The Kier molecular flexibility index (Phi) is 7.28. The van der Waals surface area contributed by atoms with Gasteiger partial charge >= 0.3 is 6.61 Å². The molecule has 0 heterocycles. The van der Waals surface area contributed by atoms with E-state index in [9.17, 15) is 17.6 Å². The van der Waals surface area contributed by atoms with Crippen LogP contribution in [0.3, 0.4) is 0 Å². The summed E-state index contributed by atoms with van der Waals surface area (Å²) in [5.74, 6) is -0.758. The fourth-order valence-corrected chi connectivity index (χ4v) is 3.22. The number of hydrogen-bond acceptors (Lipinski definition) is 1. The smallest absolute Gasteiger partial charge is 0.387 e. The maximum atomic E-state index is 14.2. The van der Waals surface area contributed by atoms with E-state index >= 15 is 0 Å². The summed E-state index contributed by atoms with van der Waals surface area (Å²) in [6.45, 7) is 4.84. The molecule has 0 amide bonds. The molecule has 2 aromatic rings. The monoisotopic (exact) mass is 382 g/mol. The number of rotatable bonds is 8. The summed E-state index contributed by atoms with van der Waals surface area (Å²) in [6.07, 6.45) is 1.46. The van der Waals surface area contributed by atoms with Gasteiger partial charge in [0.25, 0.3) is 0 Å². The van der Waals surface area contributed by atoms with Crippen LogP contribution in [0.5, 0.6) is 5.75 Å². The normalized spacial score (nSPS) is 13.9. The molecule has 2 aromatic carbocycles. The van der Waals surface area contributed by atoms with E-state index in [1.807, 2.05) is 39.8 Å². The summed E-state index contributed by atoms with van der Waals surface area (Å²) in [5.41, 5.74) is 2.09. The lowest BCUT2D eigenvalue weighted by Gasteiger charge is -2.18. The molecule has 148 valence electrons. The van der Waals surface area contributed by atoms with Crippen molar-refractivity contribution >= 4 is 0 Å². The molecular formula is C22H26F4O. The van der Waals surface area contributed by atoms with Crippen LogP contribution in [0.1, 0.15) is 75.0 Å². The molecule has 0 aliphatic rings. The molecule has 0 aliphatic heterocycles. The zero-order chi connectivity index (χ0) is 20.1. The van der Waals surface area contributed by atoms with E-state index in [1.54, 1.807) is 6.07 Å². The lowest BCUT2D eigenvalue weighted by Crippen LogP contribution is -2.05. The number of halogens is 4. The SMILES string of the molecule is CC(C)c1ccc(C(C)CCC(C)c2ccc(OC(F)F)cc2F)cc1F. The van der Waals surface area contributed by atoms with Gasteiger partial charge in [-0.15, -0.1) is 0 Å². The standard InChI is InChI=1S/C22H26F4O/c1-13(2)18-9-7-16(11-20(18)23)14(3)5-6-15(4)19-10-8-17(12-21(19)24)27-22(25)26/h7-15,22H,5-6H2,1-4H3. The second-order valence-corrected chi connectivity index (χ2v) is 7.38. The summed E-state index contributed by atoms with van der Waals surface area (Å²) < 4.78 is 57.0. The first-order valence-corrected chi connectivity index (χ1v) is 9.22. The highest BCUT2D eigenvalue weighted by Crippen LogP contribution is 2.31. The van der Waals surface area contributed by atoms with E-state index in [1.165, 1.54) is 12.1 Å². The van der Waals surface area contributed by atoms with Crippen molar-refractivity contribution in [2.45, 2.75) is 64.9 Å². The first-order valence-electron chi connectivity index (χ1n) is 9.22. The van der Waals surface area contributed by atoms with E-state index in [2.05, 4.69) is 4.74 Å². The predicted octanol–water partition coefficient (Wildman–Crippen LogP) is 7.38. The number of hydrogen-bond donors (Lipinski definition) is 0. The third-order valence-corrected chi connectivity index (χ3v) is 4.98. The Balaban J connectivity index is 2.00. The van der Waals surface area contributed by atoms with Crippen molar-refractivity contribution in [3.8, 4) is 5.75 Å². The van der Waals surface area contributed by atoms with Crippen molar-refractivity contribution in [2.75, 3.05) is 0 Å². The average molecular weight is 382 g/mol. The molecule has 0 fully saturated rings. The van der Waals surface area contributed by atoms with Crippen LogP contribution in [-0.2, 0) is 0 Å². The highest BCUT2D eigenvalue weighted by Gasteiger charge is 2.16. The molecule has 0 aromatic heterocycles. The molecule has 2 unspecified atom stereocenters. The van der Waals surface area contributed by atoms with E-state index in [0.29, 0.717) is 17.5 Å². The Bertz CT molecular complexity index is 758.